The van der Waals surface area contributed by atoms with Gasteiger partial charge in [0.05, 0.1) is 11.1 Å². The quantitative estimate of drug-likeness (QED) is 0.323. The van der Waals surface area contributed by atoms with Gasteiger partial charge in [-0.05, 0) is 54.4 Å². The van der Waals surface area contributed by atoms with Crippen molar-refractivity contribution in [2.75, 3.05) is 52.4 Å². The molecule has 3 N–H and O–H groups in total. The van der Waals surface area contributed by atoms with Gasteiger partial charge in [0.2, 0.25) is 5.91 Å². The molecule has 2 aromatic carbocycles. The van der Waals surface area contributed by atoms with Crippen LogP contribution in [0.4, 0.5) is 0 Å². The number of carbonyl (C=O) groups excluding carboxylic acids is 2. The molecule has 2 amide bonds. The Morgan fingerprint density at radius 2 is 1.64 bits per heavy atom. The predicted octanol–water partition coefficient (Wildman–Crippen LogP) is 4.67. The second-order valence-corrected chi connectivity index (χ2v) is 12.4. The van der Waals surface area contributed by atoms with E-state index in [1.807, 2.05) is 37.8 Å². The van der Waals surface area contributed by atoms with Crippen LogP contribution in [0.15, 0.2) is 40.9 Å². The van der Waals surface area contributed by atoms with E-state index in [4.69, 9.17) is 4.52 Å². The number of aromatic nitrogens is 1. The lowest BCUT2D eigenvalue weighted by molar-refractivity contribution is -0.130. The monoisotopic (exact) mass is 603 g/mol. The summed E-state index contributed by atoms with van der Waals surface area (Å²) in [5, 5.41) is 28.1. The molecule has 2 saturated heterocycles. The van der Waals surface area contributed by atoms with Crippen LogP contribution in [0.5, 0.6) is 11.5 Å². The maximum absolute atomic E-state index is 13.0. The fourth-order valence-corrected chi connectivity index (χ4v) is 6.34. The van der Waals surface area contributed by atoms with Crippen molar-refractivity contribution in [3.05, 3.63) is 53.2 Å². The van der Waals surface area contributed by atoms with E-state index in [9.17, 15) is 19.8 Å². The van der Waals surface area contributed by atoms with Gasteiger partial charge in [-0.25, -0.2) is 0 Å². The van der Waals surface area contributed by atoms with Crippen LogP contribution in [0.25, 0.3) is 22.5 Å². The van der Waals surface area contributed by atoms with Crippen molar-refractivity contribution in [2.24, 2.45) is 5.92 Å². The van der Waals surface area contributed by atoms with Crippen molar-refractivity contribution < 1.29 is 24.3 Å². The number of piperidine rings is 1. The Labute approximate surface area is 259 Å². The van der Waals surface area contributed by atoms with Crippen LogP contribution in [0.1, 0.15) is 68.1 Å². The maximum atomic E-state index is 13.0. The van der Waals surface area contributed by atoms with Crippen molar-refractivity contribution in [3.8, 4) is 33.9 Å². The van der Waals surface area contributed by atoms with Gasteiger partial charge in [-0.1, -0.05) is 43.3 Å². The van der Waals surface area contributed by atoms with Gasteiger partial charge < -0.3 is 29.9 Å². The molecule has 0 spiro atoms. The molecule has 3 heterocycles. The molecule has 2 aliphatic heterocycles. The highest BCUT2D eigenvalue weighted by Crippen LogP contribution is 2.43. The minimum absolute atomic E-state index is 0.00597. The molecule has 0 unspecified atom stereocenters. The number of phenolic OH excluding ortho intramolecular Hbond substituents is 2. The number of piperazine rings is 1. The highest BCUT2D eigenvalue weighted by molar-refractivity contribution is 6.02. The summed E-state index contributed by atoms with van der Waals surface area (Å²) in [6.07, 6.45) is 2.18. The lowest BCUT2D eigenvalue weighted by atomic mass is 9.94. The summed E-state index contributed by atoms with van der Waals surface area (Å²) < 4.78 is 5.71. The number of rotatable bonds is 9. The second kappa shape index (κ2) is 13.8. The van der Waals surface area contributed by atoms with Crippen LogP contribution in [0, 0.1) is 5.92 Å². The Bertz CT molecular complexity index is 1450. The minimum atomic E-state index is -0.355. The normalized spacial score (nSPS) is 16.9. The number of phenols is 2. The third kappa shape index (κ3) is 7.08. The fourth-order valence-electron chi connectivity index (χ4n) is 6.34. The first-order valence-electron chi connectivity index (χ1n) is 15.8. The van der Waals surface area contributed by atoms with Gasteiger partial charge >= 0.3 is 0 Å². The molecular weight excluding hydrogens is 558 g/mol. The Balaban J connectivity index is 1.28. The molecule has 2 fully saturated rings. The number of amides is 2. The van der Waals surface area contributed by atoms with Crippen LogP contribution in [-0.4, -0.2) is 94.2 Å². The zero-order valence-electron chi connectivity index (χ0n) is 26.3. The molecule has 5 rings (SSSR count). The number of carbonyl (C=O) groups is 2. The van der Waals surface area contributed by atoms with E-state index in [2.05, 4.69) is 32.4 Å². The van der Waals surface area contributed by atoms with E-state index in [-0.39, 0.29) is 40.7 Å². The number of nitrogens with one attached hydrogen (secondary N) is 1. The third-order valence-electron chi connectivity index (χ3n) is 8.95. The van der Waals surface area contributed by atoms with Gasteiger partial charge in [0, 0.05) is 71.9 Å². The lowest BCUT2D eigenvalue weighted by Gasteiger charge is -2.38. The zero-order chi connectivity index (χ0) is 31.4. The first kappa shape index (κ1) is 31.5. The van der Waals surface area contributed by atoms with Gasteiger partial charge in [-0.15, -0.1) is 0 Å². The Morgan fingerprint density at radius 1 is 0.977 bits per heavy atom. The molecule has 0 saturated carbocycles. The number of likely N-dealkylation sites (tertiary alicyclic amines) is 1. The van der Waals surface area contributed by atoms with E-state index >= 15 is 0 Å². The summed E-state index contributed by atoms with van der Waals surface area (Å²) in [6.45, 7) is 15.6. The summed E-state index contributed by atoms with van der Waals surface area (Å²) in [4.78, 5) is 31.6. The number of benzene rings is 2. The molecule has 0 bridgehead atoms. The Hall–Kier alpha value is -3.89. The van der Waals surface area contributed by atoms with Crippen molar-refractivity contribution >= 4 is 11.8 Å². The average Bonchev–Trinajstić information content (AvgIpc) is 3.44. The van der Waals surface area contributed by atoms with E-state index < -0.39 is 0 Å². The summed E-state index contributed by atoms with van der Waals surface area (Å²) >= 11 is 0. The summed E-state index contributed by atoms with van der Waals surface area (Å²) in [5.74, 6) is 0.641. The van der Waals surface area contributed by atoms with Gasteiger partial charge in [0.15, 0.2) is 11.5 Å². The molecule has 0 aliphatic carbocycles. The zero-order valence-corrected chi connectivity index (χ0v) is 26.3. The number of hydrogen-bond donors (Lipinski definition) is 3. The standard InChI is InChI=1S/C34H45N5O5/c1-5-35-34(43)32-31(33(44-36-32)28-18-27(22(2)3)29(41)19-30(28)42)26-8-6-24(7-9-26)20-37-14-16-38(17-15-37)21-25-10-12-39(13-11-25)23(4)40/h6-9,18-19,22,25,41-42H,5,10-17,20-21H2,1-4H3,(H,35,43). The summed E-state index contributed by atoms with van der Waals surface area (Å²) in [6, 6.07) is 11.1. The van der Waals surface area contributed by atoms with Crippen molar-refractivity contribution in [1.82, 2.24) is 25.2 Å². The van der Waals surface area contributed by atoms with Crippen LogP contribution in [0.3, 0.4) is 0 Å². The topological polar surface area (TPSA) is 122 Å². The smallest absolute Gasteiger partial charge is 0.274 e. The molecule has 10 heteroatoms. The first-order valence-corrected chi connectivity index (χ1v) is 15.8. The number of nitrogens with zero attached hydrogens (tertiary/aromatic N) is 4. The van der Waals surface area contributed by atoms with E-state index in [1.165, 1.54) is 11.6 Å². The summed E-state index contributed by atoms with van der Waals surface area (Å²) in [5.41, 5.74) is 3.61. The fraction of sp³-hybridized carbons (Fsp3) is 0.500. The SMILES string of the molecule is CCNC(=O)c1noc(-c2cc(C(C)C)c(O)cc2O)c1-c1ccc(CN2CCN(CC3CCN(C(C)=O)CC3)CC2)cc1. The number of aromatic hydroxyl groups is 2. The molecule has 2 aliphatic rings. The van der Waals surface area contributed by atoms with Gasteiger partial charge in [0.25, 0.3) is 5.91 Å². The molecular formula is C34H45N5O5. The van der Waals surface area contributed by atoms with Crippen molar-refractivity contribution in [1.29, 1.82) is 0 Å². The Morgan fingerprint density at radius 3 is 2.25 bits per heavy atom. The summed E-state index contributed by atoms with van der Waals surface area (Å²) in [7, 11) is 0. The average molecular weight is 604 g/mol. The maximum Gasteiger partial charge on any atom is 0.274 e. The highest BCUT2D eigenvalue weighted by atomic mass is 16.5. The molecule has 1 aromatic heterocycles. The van der Waals surface area contributed by atoms with Gasteiger partial charge in [-0.2, -0.15) is 0 Å². The van der Waals surface area contributed by atoms with Crippen LogP contribution in [-0.2, 0) is 11.3 Å². The van der Waals surface area contributed by atoms with Crippen LogP contribution >= 0.6 is 0 Å². The predicted molar refractivity (Wildman–Crippen MR) is 169 cm³/mol. The second-order valence-electron chi connectivity index (χ2n) is 12.4. The van der Waals surface area contributed by atoms with Crippen LogP contribution < -0.4 is 5.32 Å². The molecule has 236 valence electrons. The van der Waals surface area contributed by atoms with Crippen molar-refractivity contribution in [3.63, 3.8) is 0 Å². The van der Waals surface area contributed by atoms with Gasteiger partial charge in [-0.3, -0.25) is 14.5 Å². The van der Waals surface area contributed by atoms with Crippen molar-refractivity contribution in [2.45, 2.75) is 53.0 Å². The minimum Gasteiger partial charge on any atom is -0.508 e. The number of hydrogen-bond acceptors (Lipinski definition) is 8. The Kier molecular flexibility index (Phi) is 9.90. The first-order chi connectivity index (χ1) is 21.1. The van der Waals surface area contributed by atoms with E-state index in [1.54, 1.807) is 13.0 Å². The molecule has 10 nitrogen and oxygen atoms in total. The molecule has 0 radical (unpaired) electrons. The highest BCUT2D eigenvalue weighted by Gasteiger charge is 2.28. The van der Waals surface area contributed by atoms with Gasteiger partial charge in [0.1, 0.15) is 11.5 Å². The molecule has 44 heavy (non-hydrogen) atoms. The largest absolute Gasteiger partial charge is 0.508 e. The van der Waals surface area contributed by atoms with E-state index in [0.717, 1.165) is 70.8 Å². The molecule has 0 atom stereocenters. The lowest BCUT2D eigenvalue weighted by Crippen LogP contribution is -2.48. The third-order valence-corrected chi connectivity index (χ3v) is 8.95. The van der Waals surface area contributed by atoms with Crippen LogP contribution in [0.2, 0.25) is 0 Å². The molecule has 3 aromatic rings. The van der Waals surface area contributed by atoms with E-state index in [0.29, 0.717) is 29.2 Å².